The highest BCUT2D eigenvalue weighted by Gasteiger charge is 2.16. The van der Waals surface area contributed by atoms with E-state index in [9.17, 15) is 13.2 Å². The van der Waals surface area contributed by atoms with Gasteiger partial charge in [-0.2, -0.15) is 0 Å². The molecule has 0 aliphatic rings. The van der Waals surface area contributed by atoms with Gasteiger partial charge in [0.15, 0.2) is 0 Å². The van der Waals surface area contributed by atoms with Crippen molar-refractivity contribution >= 4 is 16.1 Å². The van der Waals surface area contributed by atoms with Crippen LogP contribution in [0.4, 0.5) is 4.79 Å². The fourth-order valence-corrected chi connectivity index (χ4v) is 2.61. The first-order valence-corrected chi connectivity index (χ1v) is 7.81. The van der Waals surface area contributed by atoms with Crippen molar-refractivity contribution in [3.05, 3.63) is 60.4 Å². The van der Waals surface area contributed by atoms with Crippen LogP contribution >= 0.6 is 0 Å². The minimum atomic E-state index is -3.86. The summed E-state index contributed by atoms with van der Waals surface area (Å²) in [4.78, 5) is 15.3. The third kappa shape index (κ3) is 4.57. The van der Waals surface area contributed by atoms with Crippen molar-refractivity contribution in [2.24, 2.45) is 0 Å². The number of pyridine rings is 1. The third-order valence-corrected chi connectivity index (χ3v) is 4.08. The normalized spacial score (nSPS) is 10.9. The van der Waals surface area contributed by atoms with Crippen LogP contribution in [0.3, 0.4) is 0 Å². The molecular weight excluding hydrogens is 290 g/mol. The summed E-state index contributed by atoms with van der Waals surface area (Å²) in [5.74, 6) is 0. The highest BCUT2D eigenvalue weighted by atomic mass is 32.2. The average Bonchev–Trinajstić information content (AvgIpc) is 2.49. The molecule has 0 atom stereocenters. The quantitative estimate of drug-likeness (QED) is 0.872. The molecule has 1 aromatic heterocycles. The maximum Gasteiger partial charge on any atom is 0.328 e. The standard InChI is InChI=1S/C14H15N3O3S/c18-14(16-11-6-12-4-2-1-3-5-12)17-21(19,20)13-7-9-15-10-8-13/h1-5,7-10H,6,11H2,(H2,16,17,18). The number of benzene rings is 1. The zero-order chi connectivity index (χ0) is 15.1. The van der Waals surface area contributed by atoms with Crippen LogP contribution in [0.15, 0.2) is 59.8 Å². The van der Waals surface area contributed by atoms with Crippen LogP contribution < -0.4 is 10.0 Å². The van der Waals surface area contributed by atoms with Crippen molar-refractivity contribution in [2.75, 3.05) is 6.54 Å². The molecule has 6 nitrogen and oxygen atoms in total. The number of nitrogens with zero attached hydrogens (tertiary/aromatic N) is 1. The molecule has 21 heavy (non-hydrogen) atoms. The Morgan fingerprint density at radius 1 is 1.05 bits per heavy atom. The minimum Gasteiger partial charge on any atom is -0.337 e. The van der Waals surface area contributed by atoms with Crippen LogP contribution in [0.2, 0.25) is 0 Å². The van der Waals surface area contributed by atoms with Crippen LogP contribution in [0.1, 0.15) is 5.56 Å². The van der Waals surface area contributed by atoms with E-state index in [2.05, 4.69) is 10.3 Å². The molecule has 0 radical (unpaired) electrons. The van der Waals surface area contributed by atoms with Crippen molar-refractivity contribution in [1.82, 2.24) is 15.0 Å². The SMILES string of the molecule is O=C(NCCc1ccccc1)NS(=O)(=O)c1ccncc1. The van der Waals surface area contributed by atoms with Crippen molar-refractivity contribution < 1.29 is 13.2 Å². The Kier molecular flexibility index (Phi) is 4.89. The Morgan fingerprint density at radius 3 is 2.38 bits per heavy atom. The summed E-state index contributed by atoms with van der Waals surface area (Å²) in [7, 11) is -3.86. The van der Waals surface area contributed by atoms with Gasteiger partial charge in [0.25, 0.3) is 10.0 Å². The van der Waals surface area contributed by atoms with E-state index in [1.165, 1.54) is 24.5 Å². The second kappa shape index (κ2) is 6.85. The van der Waals surface area contributed by atoms with Crippen LogP contribution in [-0.4, -0.2) is 26.0 Å². The molecule has 0 fully saturated rings. The molecule has 7 heteroatoms. The fraction of sp³-hybridized carbons (Fsp3) is 0.143. The molecule has 2 rings (SSSR count). The summed E-state index contributed by atoms with van der Waals surface area (Å²) in [6.07, 6.45) is 3.33. The first-order chi connectivity index (χ1) is 10.1. The molecule has 0 spiro atoms. The first-order valence-electron chi connectivity index (χ1n) is 6.32. The van der Waals surface area contributed by atoms with E-state index in [0.29, 0.717) is 13.0 Å². The van der Waals surface area contributed by atoms with Gasteiger partial charge in [0, 0.05) is 18.9 Å². The molecule has 2 N–H and O–H groups in total. The Morgan fingerprint density at radius 2 is 1.71 bits per heavy atom. The third-order valence-electron chi connectivity index (χ3n) is 2.73. The van der Waals surface area contributed by atoms with Gasteiger partial charge in [0.1, 0.15) is 0 Å². The van der Waals surface area contributed by atoms with Gasteiger partial charge >= 0.3 is 6.03 Å². The van der Waals surface area contributed by atoms with Gasteiger partial charge < -0.3 is 5.32 Å². The maximum atomic E-state index is 11.9. The van der Waals surface area contributed by atoms with E-state index in [0.717, 1.165) is 5.56 Å². The van der Waals surface area contributed by atoms with E-state index in [1.807, 2.05) is 35.1 Å². The summed E-state index contributed by atoms with van der Waals surface area (Å²) in [6, 6.07) is 11.5. The number of nitrogens with one attached hydrogen (secondary N) is 2. The van der Waals surface area contributed by atoms with Crippen molar-refractivity contribution in [1.29, 1.82) is 0 Å². The number of hydrogen-bond acceptors (Lipinski definition) is 4. The minimum absolute atomic E-state index is 0.00397. The zero-order valence-electron chi connectivity index (χ0n) is 11.2. The van der Waals surface area contributed by atoms with E-state index in [1.54, 1.807) is 0 Å². The monoisotopic (exact) mass is 305 g/mol. The van der Waals surface area contributed by atoms with Crippen molar-refractivity contribution in [3.63, 3.8) is 0 Å². The van der Waals surface area contributed by atoms with Crippen molar-refractivity contribution in [2.45, 2.75) is 11.3 Å². The summed E-state index contributed by atoms with van der Waals surface area (Å²) in [5.41, 5.74) is 1.06. The van der Waals surface area contributed by atoms with Crippen LogP contribution in [0.25, 0.3) is 0 Å². The number of urea groups is 1. The molecule has 0 bridgehead atoms. The van der Waals surface area contributed by atoms with Gasteiger partial charge in [-0.05, 0) is 24.1 Å². The molecular formula is C14H15N3O3S. The molecule has 0 saturated heterocycles. The van der Waals surface area contributed by atoms with E-state index in [4.69, 9.17) is 0 Å². The second-order valence-corrected chi connectivity index (χ2v) is 5.96. The Bertz CT molecular complexity index is 688. The predicted molar refractivity (Wildman–Crippen MR) is 78.1 cm³/mol. The molecule has 0 unspecified atom stereocenters. The Balaban J connectivity index is 1.85. The smallest absolute Gasteiger partial charge is 0.328 e. The summed E-state index contributed by atoms with van der Waals surface area (Å²) < 4.78 is 25.7. The van der Waals surface area contributed by atoms with Crippen molar-refractivity contribution in [3.8, 4) is 0 Å². The lowest BCUT2D eigenvalue weighted by atomic mass is 10.1. The van der Waals surface area contributed by atoms with E-state index >= 15 is 0 Å². The summed E-state index contributed by atoms with van der Waals surface area (Å²) in [5, 5.41) is 2.51. The molecule has 0 saturated carbocycles. The Hall–Kier alpha value is -2.41. The number of carbonyl (C=O) groups excluding carboxylic acids is 1. The van der Waals surface area contributed by atoms with Gasteiger partial charge in [-0.1, -0.05) is 30.3 Å². The lowest BCUT2D eigenvalue weighted by Gasteiger charge is -2.08. The molecule has 0 aliphatic heterocycles. The molecule has 0 aliphatic carbocycles. The summed E-state index contributed by atoms with van der Waals surface area (Å²) >= 11 is 0. The highest BCUT2D eigenvalue weighted by Crippen LogP contribution is 2.05. The predicted octanol–water partition coefficient (Wildman–Crippen LogP) is 1.31. The van der Waals surface area contributed by atoms with Gasteiger partial charge in [0.2, 0.25) is 0 Å². The van der Waals surface area contributed by atoms with Gasteiger partial charge in [0.05, 0.1) is 4.90 Å². The maximum absolute atomic E-state index is 11.9. The average molecular weight is 305 g/mol. The fourth-order valence-electron chi connectivity index (χ4n) is 1.70. The van der Waals surface area contributed by atoms with E-state index < -0.39 is 16.1 Å². The number of amides is 2. The lowest BCUT2D eigenvalue weighted by molar-refractivity contribution is 0.246. The lowest BCUT2D eigenvalue weighted by Crippen LogP contribution is -2.40. The number of aromatic nitrogens is 1. The number of rotatable bonds is 5. The number of carbonyl (C=O) groups is 1. The van der Waals surface area contributed by atoms with E-state index in [-0.39, 0.29) is 4.90 Å². The number of sulfonamides is 1. The largest absolute Gasteiger partial charge is 0.337 e. The van der Waals surface area contributed by atoms with Gasteiger partial charge in [-0.3, -0.25) is 4.98 Å². The van der Waals surface area contributed by atoms with Crippen LogP contribution in [-0.2, 0) is 16.4 Å². The van der Waals surface area contributed by atoms with Gasteiger partial charge in [-0.15, -0.1) is 0 Å². The van der Waals surface area contributed by atoms with Gasteiger partial charge in [-0.25, -0.2) is 17.9 Å². The zero-order valence-corrected chi connectivity index (χ0v) is 12.0. The topological polar surface area (TPSA) is 88.2 Å². The molecule has 1 heterocycles. The number of hydrogen-bond donors (Lipinski definition) is 2. The molecule has 110 valence electrons. The van der Waals surface area contributed by atoms with Crippen LogP contribution in [0, 0.1) is 0 Å². The molecule has 1 aromatic carbocycles. The molecule has 2 amide bonds. The van der Waals surface area contributed by atoms with Crippen LogP contribution in [0.5, 0.6) is 0 Å². The Labute approximate surface area is 123 Å². The highest BCUT2D eigenvalue weighted by molar-refractivity contribution is 7.90. The molecule has 2 aromatic rings. The summed E-state index contributed by atoms with van der Waals surface area (Å²) in [6.45, 7) is 0.349. The first kappa shape index (κ1) is 15.0. The second-order valence-electron chi connectivity index (χ2n) is 4.28.